The molecule has 0 aliphatic rings. The van der Waals surface area contributed by atoms with Crippen LogP contribution in [0.25, 0.3) is 6.08 Å². The number of carboxylic acids is 1. The van der Waals surface area contributed by atoms with Gasteiger partial charge < -0.3 is 5.11 Å². The number of rotatable bonds is 7. The molecule has 108 valence electrons. The van der Waals surface area contributed by atoms with E-state index in [1.54, 1.807) is 0 Å². The van der Waals surface area contributed by atoms with Crippen LogP contribution < -0.4 is 0 Å². The molecule has 2 aromatic carbocycles. The van der Waals surface area contributed by atoms with Crippen molar-refractivity contribution in [1.82, 2.24) is 0 Å². The molecule has 0 amide bonds. The summed E-state index contributed by atoms with van der Waals surface area (Å²) in [6, 6.07) is 20.0. The third-order valence-electron chi connectivity index (χ3n) is 3.50. The molecule has 2 aromatic rings. The van der Waals surface area contributed by atoms with Crippen molar-refractivity contribution in [1.29, 1.82) is 0 Å². The minimum atomic E-state index is -0.719. The van der Waals surface area contributed by atoms with Gasteiger partial charge in [-0.15, -0.1) is 0 Å². The fourth-order valence-corrected chi connectivity index (χ4v) is 2.26. The van der Waals surface area contributed by atoms with Gasteiger partial charge in [0.25, 0.3) is 0 Å². The van der Waals surface area contributed by atoms with Gasteiger partial charge in [0.05, 0.1) is 5.92 Å². The quantitative estimate of drug-likeness (QED) is 0.815. The molecule has 2 rings (SSSR count). The summed E-state index contributed by atoms with van der Waals surface area (Å²) in [5.74, 6) is -1.05. The van der Waals surface area contributed by atoms with Crippen molar-refractivity contribution in [2.75, 3.05) is 0 Å². The van der Waals surface area contributed by atoms with E-state index in [1.165, 1.54) is 5.56 Å². The summed E-state index contributed by atoms with van der Waals surface area (Å²) in [5, 5.41) is 9.31. The van der Waals surface area contributed by atoms with Crippen LogP contribution in [-0.2, 0) is 11.2 Å². The van der Waals surface area contributed by atoms with Crippen molar-refractivity contribution in [3.8, 4) is 0 Å². The van der Waals surface area contributed by atoms with Gasteiger partial charge in [-0.25, -0.2) is 0 Å². The van der Waals surface area contributed by atoms with Gasteiger partial charge in [-0.05, 0) is 30.4 Å². The highest BCUT2D eigenvalue weighted by Crippen LogP contribution is 2.15. The van der Waals surface area contributed by atoms with E-state index in [1.807, 2.05) is 72.8 Å². The van der Waals surface area contributed by atoms with Gasteiger partial charge in [-0.3, -0.25) is 4.79 Å². The second-order valence-electron chi connectivity index (χ2n) is 5.11. The summed E-state index contributed by atoms with van der Waals surface area (Å²) in [4.78, 5) is 11.3. The average molecular weight is 280 g/mol. The van der Waals surface area contributed by atoms with Crippen molar-refractivity contribution < 1.29 is 9.90 Å². The highest BCUT2D eigenvalue weighted by molar-refractivity contribution is 5.70. The minimum absolute atomic E-state index is 0.329. The Balaban J connectivity index is 1.88. The number of benzene rings is 2. The van der Waals surface area contributed by atoms with E-state index in [9.17, 15) is 9.90 Å². The average Bonchev–Trinajstić information content (AvgIpc) is 2.52. The normalized spacial score (nSPS) is 12.4. The zero-order chi connectivity index (χ0) is 14.9. The number of carboxylic acid groups (broad SMARTS) is 1. The molecule has 0 aliphatic carbocycles. The number of allylic oxidation sites excluding steroid dienone is 1. The first-order chi connectivity index (χ1) is 10.3. The Labute approximate surface area is 125 Å². The third-order valence-corrected chi connectivity index (χ3v) is 3.50. The second-order valence-corrected chi connectivity index (χ2v) is 5.11. The molecule has 1 unspecified atom stereocenters. The van der Waals surface area contributed by atoms with Crippen molar-refractivity contribution in [3.05, 3.63) is 77.9 Å². The number of hydrogen-bond donors (Lipinski definition) is 1. The topological polar surface area (TPSA) is 37.3 Å². The molecule has 0 saturated carbocycles. The largest absolute Gasteiger partial charge is 0.481 e. The van der Waals surface area contributed by atoms with E-state index >= 15 is 0 Å². The molecule has 1 N–H and O–H groups in total. The molecule has 0 radical (unpaired) electrons. The maximum atomic E-state index is 11.3. The molecule has 0 aromatic heterocycles. The van der Waals surface area contributed by atoms with Crippen LogP contribution in [0.4, 0.5) is 0 Å². The summed E-state index contributed by atoms with van der Waals surface area (Å²) in [6.07, 6.45) is 5.98. The summed E-state index contributed by atoms with van der Waals surface area (Å²) < 4.78 is 0. The first-order valence-electron chi connectivity index (χ1n) is 7.24. The van der Waals surface area contributed by atoms with E-state index in [2.05, 4.69) is 0 Å². The fourth-order valence-electron chi connectivity index (χ4n) is 2.26. The summed E-state index contributed by atoms with van der Waals surface area (Å²) in [5.41, 5.74) is 2.29. The van der Waals surface area contributed by atoms with Crippen LogP contribution in [0.3, 0.4) is 0 Å². The second kappa shape index (κ2) is 8.05. The maximum absolute atomic E-state index is 11.3. The van der Waals surface area contributed by atoms with Gasteiger partial charge in [-0.1, -0.05) is 72.8 Å². The van der Waals surface area contributed by atoms with Crippen LogP contribution in [0.15, 0.2) is 66.7 Å². The van der Waals surface area contributed by atoms with Crippen molar-refractivity contribution in [3.63, 3.8) is 0 Å². The summed E-state index contributed by atoms with van der Waals surface area (Å²) in [7, 11) is 0. The number of aryl methyl sites for hydroxylation is 1. The Morgan fingerprint density at radius 2 is 1.62 bits per heavy atom. The van der Waals surface area contributed by atoms with Gasteiger partial charge >= 0.3 is 5.97 Å². The van der Waals surface area contributed by atoms with E-state index < -0.39 is 5.97 Å². The molecule has 0 saturated heterocycles. The fraction of sp³-hybridized carbons (Fsp3) is 0.211. The van der Waals surface area contributed by atoms with Crippen LogP contribution in [0.5, 0.6) is 0 Å². The standard InChI is InChI=1S/C19H20O2/c20-19(21)18(15-14-17-10-5-2-6-11-17)13-7-12-16-8-3-1-4-9-16/h1-12,18H,13-15H2,(H,20,21)/b12-7+. The number of aliphatic carboxylic acids is 1. The zero-order valence-corrected chi connectivity index (χ0v) is 12.0. The van der Waals surface area contributed by atoms with Crippen LogP contribution in [-0.4, -0.2) is 11.1 Å². The zero-order valence-electron chi connectivity index (χ0n) is 12.0. The van der Waals surface area contributed by atoms with E-state index in [0.29, 0.717) is 12.8 Å². The highest BCUT2D eigenvalue weighted by Gasteiger charge is 2.15. The van der Waals surface area contributed by atoms with Crippen LogP contribution in [0.2, 0.25) is 0 Å². The van der Waals surface area contributed by atoms with Crippen molar-refractivity contribution in [2.45, 2.75) is 19.3 Å². The molecule has 2 nitrogen and oxygen atoms in total. The van der Waals surface area contributed by atoms with E-state index in [-0.39, 0.29) is 5.92 Å². The molecule has 1 atom stereocenters. The third kappa shape index (κ3) is 5.27. The first kappa shape index (κ1) is 15.0. The van der Waals surface area contributed by atoms with Gasteiger partial charge in [0.2, 0.25) is 0 Å². The Morgan fingerprint density at radius 3 is 2.24 bits per heavy atom. The number of hydrogen-bond acceptors (Lipinski definition) is 1. The molecule has 0 fully saturated rings. The first-order valence-corrected chi connectivity index (χ1v) is 7.24. The van der Waals surface area contributed by atoms with Crippen LogP contribution in [0, 0.1) is 5.92 Å². The maximum Gasteiger partial charge on any atom is 0.306 e. The van der Waals surface area contributed by atoms with Gasteiger partial charge in [0.15, 0.2) is 0 Å². The Bertz CT molecular complexity index is 573. The highest BCUT2D eigenvalue weighted by atomic mass is 16.4. The van der Waals surface area contributed by atoms with Gasteiger partial charge in [0, 0.05) is 0 Å². The molecule has 0 aliphatic heterocycles. The minimum Gasteiger partial charge on any atom is -0.481 e. The number of carbonyl (C=O) groups is 1. The van der Waals surface area contributed by atoms with E-state index in [4.69, 9.17) is 0 Å². The summed E-state index contributed by atoms with van der Waals surface area (Å²) in [6.45, 7) is 0. The summed E-state index contributed by atoms with van der Waals surface area (Å²) >= 11 is 0. The van der Waals surface area contributed by atoms with Crippen LogP contribution >= 0.6 is 0 Å². The van der Waals surface area contributed by atoms with Crippen LogP contribution in [0.1, 0.15) is 24.0 Å². The molecule has 21 heavy (non-hydrogen) atoms. The van der Waals surface area contributed by atoms with Crippen molar-refractivity contribution in [2.24, 2.45) is 5.92 Å². The van der Waals surface area contributed by atoms with Gasteiger partial charge in [0.1, 0.15) is 0 Å². The lowest BCUT2D eigenvalue weighted by Gasteiger charge is -2.09. The predicted octanol–water partition coefficient (Wildman–Crippen LogP) is 4.42. The molecular weight excluding hydrogens is 260 g/mol. The molecule has 2 heteroatoms. The lowest BCUT2D eigenvalue weighted by Crippen LogP contribution is -2.13. The Morgan fingerprint density at radius 1 is 1.00 bits per heavy atom. The van der Waals surface area contributed by atoms with E-state index in [0.717, 1.165) is 12.0 Å². The predicted molar refractivity (Wildman–Crippen MR) is 86.0 cm³/mol. The molecule has 0 heterocycles. The Hall–Kier alpha value is -2.35. The molecule has 0 spiro atoms. The molecule has 0 bridgehead atoms. The Kier molecular flexibility index (Phi) is 5.77. The van der Waals surface area contributed by atoms with Crippen molar-refractivity contribution >= 4 is 12.0 Å². The SMILES string of the molecule is O=C(O)C(C/C=C/c1ccccc1)CCc1ccccc1. The molecular formula is C19H20O2. The lowest BCUT2D eigenvalue weighted by molar-refractivity contribution is -0.141. The smallest absolute Gasteiger partial charge is 0.306 e. The van der Waals surface area contributed by atoms with Gasteiger partial charge in [-0.2, -0.15) is 0 Å². The monoisotopic (exact) mass is 280 g/mol. The lowest BCUT2D eigenvalue weighted by atomic mass is 9.96.